The molecule has 3 saturated heterocycles. The molecule has 0 spiro atoms. The van der Waals surface area contributed by atoms with Crippen LogP contribution in [0.25, 0.3) is 4.85 Å². The highest BCUT2D eigenvalue weighted by Crippen LogP contribution is 2.39. The number of piperazine rings is 1. The summed E-state index contributed by atoms with van der Waals surface area (Å²) in [7, 11) is 1.56. The van der Waals surface area contributed by atoms with Crippen molar-refractivity contribution < 1.29 is 8.78 Å². The molecule has 0 saturated carbocycles. The van der Waals surface area contributed by atoms with Gasteiger partial charge in [0.05, 0.1) is 10.7 Å². The maximum Gasteiger partial charge on any atom is 0.315 e. The van der Waals surface area contributed by atoms with Gasteiger partial charge in [-0.1, -0.05) is 24.9 Å². The van der Waals surface area contributed by atoms with Gasteiger partial charge in [-0.3, -0.25) is 4.90 Å². The molecule has 0 aromatic carbocycles. The summed E-state index contributed by atoms with van der Waals surface area (Å²) in [5.74, 6) is 1.35. The largest absolute Gasteiger partial charge is 0.369 e. The van der Waals surface area contributed by atoms with E-state index in [9.17, 15) is 8.78 Å². The monoisotopic (exact) mass is 540 g/mol. The van der Waals surface area contributed by atoms with Crippen molar-refractivity contribution in [2.75, 3.05) is 69.2 Å². The number of alkyl halides is 2. The topological polar surface area (TPSA) is 43.1 Å². The molecule has 0 amide bonds. The fraction of sp³-hybridized carbons (Fsp3) is 0.536. The minimum absolute atomic E-state index is 0.238. The van der Waals surface area contributed by atoms with E-state index in [1.165, 1.54) is 0 Å². The molecule has 0 aliphatic carbocycles. The minimum atomic E-state index is -2.70. The van der Waals surface area contributed by atoms with E-state index in [0.717, 1.165) is 75.2 Å². The Morgan fingerprint density at radius 1 is 1.18 bits per heavy atom. The second-order valence-corrected chi connectivity index (χ2v) is 11.3. The van der Waals surface area contributed by atoms with E-state index in [2.05, 4.69) is 60.6 Å². The summed E-state index contributed by atoms with van der Waals surface area (Å²) in [6.45, 7) is 16.9. The van der Waals surface area contributed by atoms with Crippen LogP contribution in [0.15, 0.2) is 42.6 Å². The van der Waals surface area contributed by atoms with Crippen LogP contribution >= 0.6 is 11.3 Å². The fourth-order valence-electron chi connectivity index (χ4n) is 5.86. The van der Waals surface area contributed by atoms with Gasteiger partial charge in [-0.2, -0.15) is 0 Å². The molecule has 2 aromatic rings. The number of pyridine rings is 1. The summed E-state index contributed by atoms with van der Waals surface area (Å²) < 4.78 is 28.5. The molecule has 1 unspecified atom stereocenters. The molecule has 0 N–H and O–H groups in total. The van der Waals surface area contributed by atoms with E-state index in [-0.39, 0.29) is 5.69 Å². The molecular formula is C28H36F2N7S+. The van der Waals surface area contributed by atoms with Crippen molar-refractivity contribution in [1.29, 1.82) is 0 Å². The number of aromatic nitrogens is 2. The molecule has 2 atom stereocenters. The maximum absolute atomic E-state index is 14.3. The van der Waals surface area contributed by atoms with E-state index >= 15 is 0 Å². The van der Waals surface area contributed by atoms with E-state index in [4.69, 9.17) is 0 Å². The first kappa shape index (κ1) is 26.6. The van der Waals surface area contributed by atoms with E-state index in [1.54, 1.807) is 24.5 Å². The van der Waals surface area contributed by atoms with Gasteiger partial charge in [0, 0.05) is 87.7 Å². The Kier molecular flexibility index (Phi) is 7.96. The summed E-state index contributed by atoms with van der Waals surface area (Å²) >= 11 is 1.69. The third-order valence-corrected chi connectivity index (χ3v) is 9.02. The van der Waals surface area contributed by atoms with Gasteiger partial charge < -0.3 is 14.7 Å². The zero-order valence-electron chi connectivity index (χ0n) is 22.2. The number of rotatable bonds is 7. The summed E-state index contributed by atoms with van der Waals surface area (Å²) in [5, 5.41) is 3.17. The van der Waals surface area contributed by atoms with Crippen molar-refractivity contribution in [2.24, 2.45) is 5.92 Å². The summed E-state index contributed by atoms with van der Waals surface area (Å²) in [4.78, 5) is 22.0. The number of piperidine rings is 1. The Morgan fingerprint density at radius 2 is 1.95 bits per heavy atom. The van der Waals surface area contributed by atoms with Crippen LogP contribution in [-0.2, 0) is 0 Å². The van der Waals surface area contributed by atoms with Crippen molar-refractivity contribution in [1.82, 2.24) is 19.8 Å². The highest BCUT2D eigenvalue weighted by molar-refractivity contribution is 7.09. The molecule has 3 aliphatic rings. The van der Waals surface area contributed by atoms with Crippen molar-refractivity contribution in [3.63, 3.8) is 0 Å². The van der Waals surface area contributed by atoms with Crippen molar-refractivity contribution in [3.8, 4) is 6.07 Å². The lowest BCUT2D eigenvalue weighted by Crippen LogP contribution is -2.63. The predicted molar refractivity (Wildman–Crippen MR) is 151 cm³/mol. The highest BCUT2D eigenvalue weighted by Gasteiger charge is 2.38. The first-order chi connectivity index (χ1) is 18.4. The van der Waals surface area contributed by atoms with Crippen LogP contribution in [0, 0.1) is 12.0 Å². The number of nitrogens with zero attached hydrogens (tertiary/aromatic N) is 7. The third-order valence-electron chi connectivity index (χ3n) is 8.12. The zero-order valence-corrected chi connectivity index (χ0v) is 23.0. The minimum Gasteiger partial charge on any atom is -0.369 e. The van der Waals surface area contributed by atoms with E-state index < -0.39 is 6.43 Å². The van der Waals surface area contributed by atoms with E-state index in [1.807, 2.05) is 17.6 Å². The van der Waals surface area contributed by atoms with Gasteiger partial charge in [0.1, 0.15) is 11.5 Å². The number of hydrogen-bond acceptors (Lipinski definition) is 7. The molecule has 5 heterocycles. The van der Waals surface area contributed by atoms with Crippen LogP contribution in [0.1, 0.15) is 42.0 Å². The van der Waals surface area contributed by atoms with Gasteiger partial charge in [0.15, 0.2) is 5.56 Å². The Bertz CT molecular complexity index is 1210. The van der Waals surface area contributed by atoms with Crippen LogP contribution < -0.4 is 9.80 Å². The van der Waals surface area contributed by atoms with Crippen LogP contribution in [0.4, 0.5) is 20.3 Å². The lowest BCUT2D eigenvalue weighted by Gasteiger charge is -2.49. The number of anilines is 2. The quantitative estimate of drug-likeness (QED) is 0.465. The van der Waals surface area contributed by atoms with Gasteiger partial charge in [-0.25, -0.2) is 18.7 Å². The van der Waals surface area contributed by atoms with Gasteiger partial charge in [-0.05, 0) is 18.4 Å². The number of halogens is 2. The van der Waals surface area contributed by atoms with E-state index in [0.29, 0.717) is 29.3 Å². The number of thiazole rings is 1. The molecule has 0 bridgehead atoms. The zero-order chi connectivity index (χ0) is 26.8. The summed E-state index contributed by atoms with van der Waals surface area (Å²) in [6.07, 6.45) is 1.88. The molecule has 202 valence electrons. The summed E-state index contributed by atoms with van der Waals surface area (Å²) in [5.41, 5.74) is 1.79. The molecule has 38 heavy (non-hydrogen) atoms. The molecule has 7 nitrogen and oxygen atoms in total. The lowest BCUT2D eigenvalue weighted by atomic mass is 9.87. The average Bonchev–Trinajstić information content (AvgIpc) is 3.43. The Hall–Kier alpha value is -3.03. The lowest BCUT2D eigenvalue weighted by molar-refractivity contribution is 0.101. The molecule has 3 fully saturated rings. The van der Waals surface area contributed by atoms with Crippen molar-refractivity contribution in [3.05, 3.63) is 63.7 Å². The first-order valence-electron chi connectivity index (χ1n) is 13.3. The first-order valence-corrected chi connectivity index (χ1v) is 14.1. The second kappa shape index (κ2) is 11.4. The second-order valence-electron chi connectivity index (χ2n) is 10.4. The molecule has 0 radical (unpaired) electrons. The van der Waals surface area contributed by atoms with Gasteiger partial charge in [0.25, 0.3) is 13.5 Å². The Balaban J connectivity index is 1.33. The fourth-order valence-corrected chi connectivity index (χ4v) is 6.77. The van der Waals surface area contributed by atoms with Crippen LogP contribution in [-0.4, -0.2) is 85.2 Å². The Labute approximate surface area is 227 Å². The van der Waals surface area contributed by atoms with Gasteiger partial charge >= 0.3 is 6.07 Å². The standard InChI is InChI=1S/C28H36F2N7S/c1-5-20(3)34-9-11-35(12-10-34)21-17-37(18-21)24-14-25(33-26(27(29)30)23(24)15-31-4)36-8-6-22(19(2)16-36)28-32-7-13-38-28/h5,7,13-14,19,21-22,27H,1,3,6,8-12,16-18H2,2,4H3/q+1/t19-,22?/m0/s1. The SMILES string of the molecule is C=CC(=C)N1CCN(C2CN(c3cc(N4CCC(c5nccs5)[C@@H](C)C4)nc(C(F)F)c3C#[N+]C)C2)CC1. The molecule has 5 rings (SSSR count). The van der Waals surface area contributed by atoms with Crippen molar-refractivity contribution in [2.45, 2.75) is 31.7 Å². The van der Waals surface area contributed by atoms with Crippen molar-refractivity contribution >= 4 is 22.8 Å². The smallest absolute Gasteiger partial charge is 0.315 e. The Morgan fingerprint density at radius 3 is 2.55 bits per heavy atom. The molecular weight excluding hydrogens is 504 g/mol. The van der Waals surface area contributed by atoms with Gasteiger partial charge in [0.2, 0.25) is 0 Å². The molecule has 2 aromatic heterocycles. The normalized spacial score (nSPS) is 22.7. The molecule has 10 heteroatoms. The third kappa shape index (κ3) is 5.27. The van der Waals surface area contributed by atoms with Crippen LogP contribution in [0.5, 0.6) is 0 Å². The number of allylic oxidation sites excluding steroid dienone is 1. The maximum atomic E-state index is 14.3. The highest BCUT2D eigenvalue weighted by atomic mass is 32.1. The van der Waals surface area contributed by atoms with Crippen LogP contribution in [0.3, 0.4) is 0 Å². The predicted octanol–water partition coefficient (Wildman–Crippen LogP) is 4.92. The molecule has 3 aliphatic heterocycles. The number of hydrogen-bond donors (Lipinski definition) is 0. The summed E-state index contributed by atoms with van der Waals surface area (Å²) in [6, 6.07) is 5.20. The van der Waals surface area contributed by atoms with Crippen LogP contribution in [0.2, 0.25) is 0 Å². The van der Waals surface area contributed by atoms with Gasteiger partial charge in [-0.15, -0.1) is 11.3 Å². The average molecular weight is 541 g/mol.